The van der Waals surface area contributed by atoms with Crippen LogP contribution in [0.1, 0.15) is 11.1 Å². The van der Waals surface area contributed by atoms with Crippen molar-refractivity contribution < 1.29 is 62.9 Å². The van der Waals surface area contributed by atoms with Crippen molar-refractivity contribution in [2.24, 2.45) is 0 Å². The van der Waals surface area contributed by atoms with E-state index in [1.165, 1.54) is 0 Å². The Morgan fingerprint density at radius 2 is 0.926 bits per heavy atom. The fourth-order valence-corrected chi connectivity index (χ4v) is 2.99. The first-order valence-corrected chi connectivity index (χ1v) is 7.23. The average Bonchev–Trinajstić information content (AvgIpc) is 2.40. The van der Waals surface area contributed by atoms with Gasteiger partial charge in [0.05, 0.1) is 0 Å². The van der Waals surface area contributed by atoms with Crippen LogP contribution in [-0.2, 0) is 11.2 Å². The molecule has 2 nitrogen and oxygen atoms in total. The van der Waals surface area contributed by atoms with Gasteiger partial charge in [-0.3, -0.25) is 0 Å². The van der Waals surface area contributed by atoms with Crippen LogP contribution in [0.5, 0.6) is 0 Å². The predicted molar refractivity (Wildman–Crippen MR) is 71.2 cm³/mol. The van der Waals surface area contributed by atoms with Gasteiger partial charge in [-0.1, -0.05) is 12.1 Å². The lowest BCUT2D eigenvalue weighted by Gasteiger charge is -2.39. The zero-order chi connectivity index (χ0) is 21.9. The van der Waals surface area contributed by atoms with Crippen molar-refractivity contribution in [1.82, 2.24) is 0 Å². The number of hydrogen-bond acceptors (Lipinski definition) is 2. The van der Waals surface area contributed by atoms with Gasteiger partial charge in [-0.2, -0.15) is 52.7 Å². The molecule has 1 aromatic carbocycles. The standard InChI is InChI=1S/C12H5F12IO2/c13-9(14,15)7(26,10(16,17)18)4-2-1-3-5(25)6(4)8(27,11(19,20)21)12(22,23)24/h1-3,26-27H. The highest BCUT2D eigenvalue weighted by molar-refractivity contribution is 14.1. The average molecular weight is 536 g/mol. The minimum Gasteiger partial charge on any atom is -0.369 e. The Balaban J connectivity index is 4.18. The Hall–Kier alpha value is -0.970. The normalized spacial score (nSPS) is 15.2. The molecule has 0 saturated heterocycles. The lowest BCUT2D eigenvalue weighted by atomic mass is 9.80. The van der Waals surface area contributed by atoms with Gasteiger partial charge in [-0.25, -0.2) is 0 Å². The maximum Gasteiger partial charge on any atom is 0.430 e. The quantitative estimate of drug-likeness (QED) is 0.417. The van der Waals surface area contributed by atoms with Gasteiger partial charge in [0.1, 0.15) is 0 Å². The first kappa shape index (κ1) is 24.1. The Kier molecular flexibility index (Phi) is 5.83. The molecule has 0 amide bonds. The summed E-state index contributed by atoms with van der Waals surface area (Å²) in [6.07, 6.45) is -27.1. The summed E-state index contributed by atoms with van der Waals surface area (Å²) in [6.45, 7) is 0. The zero-order valence-corrected chi connectivity index (χ0v) is 14.2. The van der Waals surface area contributed by atoms with Crippen LogP contribution in [0.15, 0.2) is 18.2 Å². The third-order valence-electron chi connectivity index (χ3n) is 3.41. The van der Waals surface area contributed by atoms with E-state index in [1.807, 2.05) is 0 Å². The molecule has 0 aliphatic heterocycles. The SMILES string of the molecule is OC(c1cccc(I)c1C(O)(C(F)(F)F)C(F)(F)F)(C(F)(F)F)C(F)(F)F. The van der Waals surface area contributed by atoms with Crippen LogP contribution in [0.2, 0.25) is 0 Å². The third-order valence-corrected chi connectivity index (χ3v) is 4.31. The fourth-order valence-electron chi connectivity index (χ4n) is 2.10. The molecule has 0 atom stereocenters. The van der Waals surface area contributed by atoms with Crippen molar-refractivity contribution in [3.05, 3.63) is 32.9 Å². The van der Waals surface area contributed by atoms with Crippen LogP contribution in [0.3, 0.4) is 0 Å². The van der Waals surface area contributed by atoms with E-state index >= 15 is 0 Å². The van der Waals surface area contributed by atoms with Crippen molar-refractivity contribution in [1.29, 1.82) is 0 Å². The van der Waals surface area contributed by atoms with E-state index in [4.69, 9.17) is 0 Å². The molecule has 0 heterocycles. The molecule has 0 aromatic heterocycles. The molecule has 0 unspecified atom stereocenters. The maximum absolute atomic E-state index is 13.0. The van der Waals surface area contributed by atoms with Gasteiger partial charge in [0.25, 0.3) is 11.2 Å². The van der Waals surface area contributed by atoms with Crippen molar-refractivity contribution in [3.63, 3.8) is 0 Å². The molecule has 0 saturated carbocycles. The fraction of sp³-hybridized carbons (Fsp3) is 0.500. The monoisotopic (exact) mass is 536 g/mol. The van der Waals surface area contributed by atoms with Crippen LogP contribution in [0, 0.1) is 3.57 Å². The molecule has 2 N–H and O–H groups in total. The summed E-state index contributed by atoms with van der Waals surface area (Å²) >= 11 is 0.582. The van der Waals surface area contributed by atoms with Crippen molar-refractivity contribution in [3.8, 4) is 0 Å². The van der Waals surface area contributed by atoms with Gasteiger partial charge in [-0.15, -0.1) is 0 Å². The summed E-state index contributed by atoms with van der Waals surface area (Å²) in [5, 5.41) is 18.6. The van der Waals surface area contributed by atoms with Gasteiger partial charge in [-0.05, 0) is 28.7 Å². The summed E-state index contributed by atoms with van der Waals surface area (Å²) in [5.41, 5.74) is -17.9. The molecule has 1 aromatic rings. The molecule has 15 heteroatoms. The summed E-state index contributed by atoms with van der Waals surface area (Å²) in [4.78, 5) is 0. The third kappa shape index (κ3) is 3.56. The second-order valence-electron chi connectivity index (χ2n) is 5.07. The van der Waals surface area contributed by atoms with Crippen LogP contribution < -0.4 is 0 Å². The smallest absolute Gasteiger partial charge is 0.369 e. The molecule has 0 aliphatic rings. The number of aliphatic hydroxyl groups is 2. The molecular formula is C12H5F12IO2. The minimum absolute atomic E-state index is 0.260. The van der Waals surface area contributed by atoms with Crippen LogP contribution in [0.25, 0.3) is 0 Å². The number of hydrogen-bond donors (Lipinski definition) is 2. The van der Waals surface area contributed by atoms with Crippen LogP contribution in [0.4, 0.5) is 52.7 Å². The van der Waals surface area contributed by atoms with E-state index in [-0.39, 0.29) is 6.07 Å². The molecule has 0 fully saturated rings. The van der Waals surface area contributed by atoms with Gasteiger partial charge in [0, 0.05) is 14.7 Å². The molecule has 0 radical (unpaired) electrons. The number of rotatable bonds is 2. The van der Waals surface area contributed by atoms with Gasteiger partial charge in [0.2, 0.25) is 0 Å². The first-order valence-electron chi connectivity index (χ1n) is 6.15. The summed E-state index contributed by atoms with van der Waals surface area (Å²) < 4.78 is 154. The highest BCUT2D eigenvalue weighted by atomic mass is 127. The number of benzene rings is 1. The largest absolute Gasteiger partial charge is 0.430 e. The van der Waals surface area contributed by atoms with E-state index in [2.05, 4.69) is 0 Å². The number of halogens is 13. The Morgan fingerprint density at radius 3 is 1.22 bits per heavy atom. The minimum atomic E-state index is -6.78. The first-order chi connectivity index (χ1) is 11.6. The molecule has 0 aliphatic carbocycles. The predicted octanol–water partition coefficient (Wildman–Crippen LogP) is 4.92. The summed E-state index contributed by atoms with van der Waals surface area (Å²) in [7, 11) is 0. The molecule has 1 rings (SSSR count). The topological polar surface area (TPSA) is 40.5 Å². The van der Waals surface area contributed by atoms with Gasteiger partial charge >= 0.3 is 24.7 Å². The molecule has 0 bridgehead atoms. The lowest BCUT2D eigenvalue weighted by molar-refractivity contribution is -0.387. The second-order valence-corrected chi connectivity index (χ2v) is 6.24. The molecular weight excluding hydrogens is 531 g/mol. The zero-order valence-electron chi connectivity index (χ0n) is 12.0. The molecule has 27 heavy (non-hydrogen) atoms. The molecule has 156 valence electrons. The maximum atomic E-state index is 13.0. The van der Waals surface area contributed by atoms with Gasteiger partial charge in [0.15, 0.2) is 0 Å². The Labute approximate surface area is 154 Å². The van der Waals surface area contributed by atoms with Crippen LogP contribution in [-0.4, -0.2) is 34.9 Å². The van der Waals surface area contributed by atoms with E-state index in [0.29, 0.717) is 28.7 Å². The summed E-state index contributed by atoms with van der Waals surface area (Å²) in [5.74, 6) is 0. The highest BCUT2D eigenvalue weighted by Crippen LogP contribution is 2.57. The van der Waals surface area contributed by atoms with Crippen LogP contribution >= 0.6 is 22.6 Å². The van der Waals surface area contributed by atoms with Crippen molar-refractivity contribution in [2.45, 2.75) is 35.9 Å². The second kappa shape index (κ2) is 6.53. The lowest BCUT2D eigenvalue weighted by Crippen LogP contribution is -2.59. The number of alkyl halides is 12. The van der Waals surface area contributed by atoms with E-state index in [0.717, 1.165) is 0 Å². The van der Waals surface area contributed by atoms with Crippen molar-refractivity contribution >= 4 is 22.6 Å². The Bertz CT molecular complexity index is 672. The van der Waals surface area contributed by atoms with E-state index in [9.17, 15) is 62.9 Å². The molecule has 0 spiro atoms. The van der Waals surface area contributed by atoms with Gasteiger partial charge < -0.3 is 10.2 Å². The highest BCUT2D eigenvalue weighted by Gasteiger charge is 2.77. The summed E-state index contributed by atoms with van der Waals surface area (Å²) in [6, 6.07) is 0.131. The van der Waals surface area contributed by atoms with Crippen molar-refractivity contribution in [2.75, 3.05) is 0 Å². The van der Waals surface area contributed by atoms with E-state index in [1.54, 1.807) is 0 Å². The van der Waals surface area contributed by atoms with E-state index < -0.39 is 56.7 Å². The Morgan fingerprint density at radius 1 is 0.593 bits per heavy atom.